The number of piperidine rings is 2. The van der Waals surface area contributed by atoms with Gasteiger partial charge in [-0.15, -0.1) is 0 Å². The van der Waals surface area contributed by atoms with Gasteiger partial charge in [0.1, 0.15) is 11.4 Å². The highest BCUT2D eigenvalue weighted by atomic mass is 16.6. The maximum atomic E-state index is 13.4. The minimum Gasteiger partial charge on any atom is -0.350 e. The Kier molecular flexibility index (Phi) is 4.88. The van der Waals surface area contributed by atoms with Crippen molar-refractivity contribution in [1.29, 1.82) is 0 Å². The Hall–Kier alpha value is -2.75. The van der Waals surface area contributed by atoms with Gasteiger partial charge in [0, 0.05) is 25.5 Å². The molecule has 2 aliphatic rings. The predicted molar refractivity (Wildman–Crippen MR) is 98.1 cm³/mol. The Bertz CT molecular complexity index is 849. The highest BCUT2D eigenvalue weighted by Crippen LogP contribution is 2.43. The van der Waals surface area contributed by atoms with Gasteiger partial charge in [-0.2, -0.15) is 0 Å². The zero-order valence-electron chi connectivity index (χ0n) is 16.1. The predicted octanol–water partition coefficient (Wildman–Crippen LogP) is 0.344. The number of amides is 2. The number of carbonyl (C=O) groups excluding carboxylic acids is 2. The van der Waals surface area contributed by atoms with E-state index in [9.17, 15) is 9.59 Å². The lowest BCUT2D eigenvalue weighted by atomic mass is 9.67. The summed E-state index contributed by atoms with van der Waals surface area (Å²) in [6.45, 7) is 4.16. The van der Waals surface area contributed by atoms with E-state index in [1.807, 2.05) is 11.9 Å². The SMILES string of the molecule is Cc1nonc1CNC(=O)[C@@]12CCCN(C(=O)c3ncc[nH]3)[C@@H]1CN(C)CC2. The molecule has 28 heavy (non-hydrogen) atoms. The highest BCUT2D eigenvalue weighted by Gasteiger charge is 2.53. The van der Waals surface area contributed by atoms with Crippen LogP contribution in [-0.4, -0.2) is 74.6 Å². The topological polar surface area (TPSA) is 120 Å². The molecule has 0 aliphatic carbocycles. The molecule has 2 atom stereocenters. The molecule has 2 saturated heterocycles. The number of likely N-dealkylation sites (tertiary alicyclic amines) is 2. The van der Waals surface area contributed by atoms with E-state index in [0.29, 0.717) is 36.7 Å². The molecular weight excluding hydrogens is 362 g/mol. The fourth-order valence-corrected chi connectivity index (χ4v) is 4.42. The smallest absolute Gasteiger partial charge is 0.289 e. The molecule has 0 radical (unpaired) electrons. The second kappa shape index (κ2) is 7.34. The maximum Gasteiger partial charge on any atom is 0.289 e. The third kappa shape index (κ3) is 3.17. The van der Waals surface area contributed by atoms with E-state index in [2.05, 4.69) is 30.5 Å². The van der Waals surface area contributed by atoms with Crippen LogP contribution in [-0.2, 0) is 11.3 Å². The van der Waals surface area contributed by atoms with Crippen molar-refractivity contribution in [3.63, 3.8) is 0 Å². The molecule has 4 rings (SSSR count). The molecular formula is C18H25N7O3. The van der Waals surface area contributed by atoms with Gasteiger partial charge in [0.15, 0.2) is 5.82 Å². The lowest BCUT2D eigenvalue weighted by Crippen LogP contribution is -2.66. The third-order valence-corrected chi connectivity index (χ3v) is 6.04. The van der Waals surface area contributed by atoms with Crippen LogP contribution < -0.4 is 5.32 Å². The molecule has 0 saturated carbocycles. The molecule has 10 heteroatoms. The molecule has 10 nitrogen and oxygen atoms in total. The number of imidazole rings is 1. The molecule has 0 aromatic carbocycles. The van der Waals surface area contributed by atoms with Gasteiger partial charge >= 0.3 is 0 Å². The lowest BCUT2D eigenvalue weighted by Gasteiger charge is -2.53. The molecule has 4 heterocycles. The van der Waals surface area contributed by atoms with Gasteiger partial charge < -0.3 is 20.1 Å². The van der Waals surface area contributed by atoms with Crippen LogP contribution in [0.3, 0.4) is 0 Å². The summed E-state index contributed by atoms with van der Waals surface area (Å²) in [6.07, 6.45) is 5.45. The molecule has 2 fully saturated rings. The molecule has 150 valence electrons. The molecule has 2 aliphatic heterocycles. The van der Waals surface area contributed by atoms with Crippen molar-refractivity contribution in [2.75, 3.05) is 26.7 Å². The monoisotopic (exact) mass is 387 g/mol. The van der Waals surface area contributed by atoms with E-state index in [4.69, 9.17) is 4.63 Å². The summed E-state index contributed by atoms with van der Waals surface area (Å²) < 4.78 is 4.71. The Balaban J connectivity index is 1.58. The van der Waals surface area contributed by atoms with E-state index in [-0.39, 0.29) is 24.4 Å². The Morgan fingerprint density at radius 2 is 2.21 bits per heavy atom. The zero-order valence-corrected chi connectivity index (χ0v) is 16.1. The van der Waals surface area contributed by atoms with Crippen molar-refractivity contribution >= 4 is 11.8 Å². The maximum absolute atomic E-state index is 13.4. The zero-order chi connectivity index (χ0) is 19.7. The average molecular weight is 387 g/mol. The first kappa shape index (κ1) is 18.6. The van der Waals surface area contributed by atoms with Crippen LogP contribution in [0.5, 0.6) is 0 Å². The number of rotatable bonds is 4. The van der Waals surface area contributed by atoms with Crippen molar-refractivity contribution in [2.45, 2.75) is 38.8 Å². The van der Waals surface area contributed by atoms with Crippen molar-refractivity contribution in [2.24, 2.45) is 5.41 Å². The summed E-state index contributed by atoms with van der Waals surface area (Å²) in [6, 6.07) is -0.200. The van der Waals surface area contributed by atoms with Gasteiger partial charge in [-0.05, 0) is 39.8 Å². The van der Waals surface area contributed by atoms with Gasteiger partial charge in [0.2, 0.25) is 5.91 Å². The summed E-state index contributed by atoms with van der Waals surface area (Å²) in [5.74, 6) is 0.123. The molecule has 2 aromatic heterocycles. The normalized spacial score (nSPS) is 25.4. The van der Waals surface area contributed by atoms with Crippen molar-refractivity contribution < 1.29 is 14.2 Å². The number of likely N-dealkylation sites (N-methyl/N-ethyl adjacent to an activating group) is 1. The average Bonchev–Trinajstić information content (AvgIpc) is 3.37. The molecule has 2 amide bonds. The quantitative estimate of drug-likeness (QED) is 0.776. The van der Waals surface area contributed by atoms with Crippen LogP contribution in [0.1, 0.15) is 41.3 Å². The second-order valence-electron chi connectivity index (χ2n) is 7.70. The fourth-order valence-electron chi connectivity index (χ4n) is 4.42. The standard InChI is InChI=1S/C18H25N7O3/c1-12-13(23-28-22-12)10-21-17(27)18-4-3-8-25(14(18)11-24(2)9-5-18)16(26)15-19-6-7-20-15/h6-7,14H,3-5,8-11H2,1-2H3,(H,19,20)(H,21,27)/t14-,18-/m1/s1. The van der Waals surface area contributed by atoms with Gasteiger partial charge in [0.25, 0.3) is 5.91 Å². The number of aromatic amines is 1. The Labute approximate surface area is 162 Å². The third-order valence-electron chi connectivity index (χ3n) is 6.04. The largest absolute Gasteiger partial charge is 0.350 e. The van der Waals surface area contributed by atoms with Crippen LogP contribution >= 0.6 is 0 Å². The summed E-state index contributed by atoms with van der Waals surface area (Å²) in [7, 11) is 2.02. The molecule has 2 aromatic rings. The van der Waals surface area contributed by atoms with Crippen molar-refractivity contribution in [1.82, 2.24) is 35.4 Å². The first-order chi connectivity index (χ1) is 13.5. The second-order valence-corrected chi connectivity index (χ2v) is 7.70. The minimum atomic E-state index is -0.613. The fraction of sp³-hybridized carbons (Fsp3) is 0.611. The van der Waals surface area contributed by atoms with E-state index >= 15 is 0 Å². The van der Waals surface area contributed by atoms with Crippen LogP contribution in [0.25, 0.3) is 0 Å². The van der Waals surface area contributed by atoms with E-state index in [0.717, 1.165) is 19.4 Å². The number of fused-ring (bicyclic) bond motifs is 1. The number of aryl methyl sites for hydroxylation is 1. The van der Waals surface area contributed by atoms with E-state index in [1.165, 1.54) is 0 Å². The lowest BCUT2D eigenvalue weighted by molar-refractivity contribution is -0.142. The van der Waals surface area contributed by atoms with Crippen molar-refractivity contribution in [3.05, 3.63) is 29.6 Å². The number of hydrogen-bond donors (Lipinski definition) is 2. The van der Waals surface area contributed by atoms with Gasteiger partial charge in [-0.3, -0.25) is 9.59 Å². The van der Waals surface area contributed by atoms with Gasteiger partial charge in [0.05, 0.1) is 18.0 Å². The number of nitrogens with one attached hydrogen (secondary N) is 2. The minimum absolute atomic E-state index is 0.0371. The number of H-pyrrole nitrogens is 1. The summed E-state index contributed by atoms with van der Waals surface area (Å²) >= 11 is 0. The van der Waals surface area contributed by atoms with E-state index < -0.39 is 5.41 Å². The van der Waals surface area contributed by atoms with Gasteiger partial charge in [-0.1, -0.05) is 10.3 Å². The Morgan fingerprint density at radius 3 is 2.93 bits per heavy atom. The summed E-state index contributed by atoms with van der Waals surface area (Å²) in [4.78, 5) is 37.4. The molecule has 2 N–H and O–H groups in total. The number of carbonyl (C=O) groups is 2. The van der Waals surface area contributed by atoms with Crippen LogP contribution in [0.2, 0.25) is 0 Å². The van der Waals surface area contributed by atoms with Crippen LogP contribution in [0, 0.1) is 12.3 Å². The Morgan fingerprint density at radius 1 is 1.36 bits per heavy atom. The van der Waals surface area contributed by atoms with Gasteiger partial charge in [-0.25, -0.2) is 9.61 Å². The molecule has 0 bridgehead atoms. The molecule has 0 unspecified atom stereocenters. The molecule has 0 spiro atoms. The first-order valence-electron chi connectivity index (χ1n) is 9.56. The number of hydrogen-bond acceptors (Lipinski definition) is 7. The number of aromatic nitrogens is 4. The van der Waals surface area contributed by atoms with Crippen LogP contribution in [0.15, 0.2) is 17.0 Å². The first-order valence-corrected chi connectivity index (χ1v) is 9.56. The highest BCUT2D eigenvalue weighted by molar-refractivity contribution is 5.92. The van der Waals surface area contributed by atoms with Crippen LogP contribution in [0.4, 0.5) is 0 Å². The van der Waals surface area contributed by atoms with E-state index in [1.54, 1.807) is 19.3 Å². The summed E-state index contributed by atoms with van der Waals surface area (Å²) in [5, 5.41) is 10.6. The van der Waals surface area contributed by atoms with Crippen molar-refractivity contribution in [3.8, 4) is 0 Å². The summed E-state index contributed by atoms with van der Waals surface area (Å²) in [5.41, 5.74) is 0.669. The number of nitrogens with zero attached hydrogens (tertiary/aromatic N) is 5.